The van der Waals surface area contributed by atoms with Gasteiger partial charge < -0.3 is 29.7 Å². The molecule has 0 heterocycles. The summed E-state index contributed by atoms with van der Waals surface area (Å²) in [5.74, 6) is 0. The minimum Gasteiger partial charge on any atom is -0.358 e. The molecule has 0 amide bonds. The Labute approximate surface area is 286 Å². The summed E-state index contributed by atoms with van der Waals surface area (Å²) in [5.41, 5.74) is 7.30. The Hall–Kier alpha value is -1.43. The van der Waals surface area contributed by atoms with Gasteiger partial charge in [0.05, 0.1) is 0 Å². The van der Waals surface area contributed by atoms with Crippen LogP contribution in [-0.2, 0) is 65.4 Å². The van der Waals surface area contributed by atoms with Crippen LogP contribution >= 0.6 is 0 Å². The average molecular weight is 657 g/mol. The van der Waals surface area contributed by atoms with E-state index in [9.17, 15) is 0 Å². The summed E-state index contributed by atoms with van der Waals surface area (Å²) in [6.07, 6.45) is 8.58. The molecule has 0 aliphatic rings. The van der Waals surface area contributed by atoms with E-state index in [-0.39, 0.29) is 95.1 Å². The van der Waals surface area contributed by atoms with E-state index in [1.807, 2.05) is 39.8 Å². The molecule has 0 spiro atoms. The van der Waals surface area contributed by atoms with Crippen LogP contribution in [0.4, 0.5) is 0 Å². The Balaban J connectivity index is -0.000000347. The second-order valence-electron chi connectivity index (χ2n) is 6.73. The van der Waals surface area contributed by atoms with Crippen LogP contribution in [0.25, 0.3) is 35.4 Å². The Kier molecular flexibility index (Phi) is 34.9. The smallest absolute Gasteiger partial charge is 0 e. The third-order valence-electron chi connectivity index (χ3n) is 4.69. The molecule has 0 aliphatic heterocycles. The Morgan fingerprint density at radius 3 is 0.763 bits per heavy atom. The molecule has 0 atom stereocenters. The van der Waals surface area contributed by atoms with Crippen LogP contribution < -0.4 is 0 Å². The van der Waals surface area contributed by atoms with Gasteiger partial charge in [0.15, 0.2) is 0 Å². The zero-order valence-electron chi connectivity index (χ0n) is 24.9. The van der Waals surface area contributed by atoms with Crippen molar-refractivity contribution in [3.63, 3.8) is 0 Å². The number of hydrogen-bond donors (Lipinski definition) is 0. The second-order valence-corrected chi connectivity index (χ2v) is 6.73. The van der Waals surface area contributed by atoms with Gasteiger partial charge in [-0.2, -0.15) is 0 Å². The molecule has 0 aliphatic carbocycles. The fourth-order valence-electron chi connectivity index (χ4n) is 3.09. The fourth-order valence-corrected chi connectivity index (χ4v) is 3.09. The summed E-state index contributed by atoms with van der Waals surface area (Å²) >= 11 is 0. The van der Waals surface area contributed by atoms with Crippen LogP contribution in [0.15, 0.2) is 109 Å². The Morgan fingerprint density at radius 2 is 0.526 bits per heavy atom. The molecule has 0 saturated carbocycles. The van der Waals surface area contributed by atoms with Crippen LogP contribution in [0.1, 0.15) is 49.9 Å². The zero-order chi connectivity index (χ0) is 23.0. The molecule has 200 valence electrons. The molecule has 0 saturated heterocycles. The normalized spacial score (nSPS) is 8.63. The van der Waals surface area contributed by atoms with Crippen LogP contribution in [0.3, 0.4) is 0 Å². The van der Waals surface area contributed by atoms with Gasteiger partial charge >= 0.3 is 0 Å². The number of rotatable bonds is 5. The van der Waals surface area contributed by atoms with Crippen molar-refractivity contribution < 1.29 is 65.4 Å². The van der Waals surface area contributed by atoms with E-state index in [0.717, 1.165) is 0 Å². The first-order valence-corrected chi connectivity index (χ1v) is 11.5. The average Bonchev–Trinajstić information content (AvgIpc) is 2.90. The van der Waals surface area contributed by atoms with Crippen LogP contribution in [-0.4, -0.2) is 0 Å². The largest absolute Gasteiger partial charge is 0.358 e. The first-order valence-electron chi connectivity index (χ1n) is 11.5. The molecule has 0 fully saturated rings. The van der Waals surface area contributed by atoms with Crippen LogP contribution in [0, 0.1) is 29.7 Å². The van der Waals surface area contributed by atoms with E-state index in [1.54, 1.807) is 0 Å². The van der Waals surface area contributed by atoms with E-state index in [1.165, 1.54) is 33.4 Å². The summed E-state index contributed by atoms with van der Waals surface area (Å²) in [6, 6.07) is 38.1. The first-order chi connectivity index (χ1) is 15.9. The van der Waals surface area contributed by atoms with E-state index in [4.69, 9.17) is 0 Å². The van der Waals surface area contributed by atoms with Crippen molar-refractivity contribution >= 4 is 24.3 Å². The standard InChI is InChI=1S/C28H22.2C2H6.4CH3.2Y/c1-3-7-23(8-4-1)11-13-25-15-19-27(20-16-25)28-21-17-26(18-22-28)14-12-24-9-5-2-6-10-24;2*1-2;;;;;;/h1-22H;2*1-2H3;4*1H3;;/q;;;4*-1;;. The summed E-state index contributed by atoms with van der Waals surface area (Å²) in [5, 5.41) is 0. The van der Waals surface area contributed by atoms with E-state index in [0.29, 0.717) is 0 Å². The zero-order valence-corrected chi connectivity index (χ0v) is 30.5. The maximum Gasteiger partial charge on any atom is 0 e. The molecule has 0 unspecified atom stereocenters. The van der Waals surface area contributed by atoms with Crippen molar-refractivity contribution in [3.8, 4) is 11.1 Å². The van der Waals surface area contributed by atoms with E-state index in [2.05, 4.69) is 121 Å². The SMILES string of the molecule is C(=Cc1ccc(-c2ccc(C=Cc3ccccc3)cc2)cc1)c1ccccc1.CC.CC.[CH3-].[CH3-].[CH3-].[CH3-].[Y].[Y]. The molecule has 4 aromatic carbocycles. The summed E-state index contributed by atoms with van der Waals surface area (Å²) < 4.78 is 0. The Morgan fingerprint density at radius 1 is 0.316 bits per heavy atom. The topological polar surface area (TPSA) is 0 Å². The molecule has 2 heteroatoms. The van der Waals surface area contributed by atoms with Crippen molar-refractivity contribution in [1.82, 2.24) is 0 Å². The monoisotopic (exact) mass is 656 g/mol. The van der Waals surface area contributed by atoms with Crippen molar-refractivity contribution in [2.45, 2.75) is 27.7 Å². The first kappa shape index (κ1) is 46.4. The molecule has 0 nitrogen and oxygen atoms in total. The van der Waals surface area contributed by atoms with E-state index < -0.39 is 0 Å². The second kappa shape index (κ2) is 28.6. The molecule has 0 aromatic heterocycles. The maximum absolute atomic E-state index is 2.18. The third kappa shape index (κ3) is 16.5. The van der Waals surface area contributed by atoms with E-state index >= 15 is 0 Å². The third-order valence-corrected chi connectivity index (χ3v) is 4.69. The van der Waals surface area contributed by atoms with Crippen molar-refractivity contribution in [3.05, 3.63) is 161 Å². The molecule has 2 radical (unpaired) electrons. The van der Waals surface area contributed by atoms with Crippen molar-refractivity contribution in [2.75, 3.05) is 0 Å². The summed E-state index contributed by atoms with van der Waals surface area (Å²) in [4.78, 5) is 0. The summed E-state index contributed by atoms with van der Waals surface area (Å²) in [7, 11) is 0. The van der Waals surface area contributed by atoms with Crippen LogP contribution in [0.5, 0.6) is 0 Å². The van der Waals surface area contributed by atoms with Gasteiger partial charge in [-0.25, -0.2) is 0 Å². The van der Waals surface area contributed by atoms with Gasteiger partial charge in [-0.1, -0.05) is 161 Å². The predicted octanol–water partition coefficient (Wildman–Crippen LogP) is 11.5. The van der Waals surface area contributed by atoms with Gasteiger partial charge in [0.2, 0.25) is 0 Å². The fraction of sp³-hybridized carbons (Fsp3) is 0.111. The summed E-state index contributed by atoms with van der Waals surface area (Å²) in [6.45, 7) is 8.00. The van der Waals surface area contributed by atoms with Gasteiger partial charge in [-0.05, 0) is 33.4 Å². The molecule has 38 heavy (non-hydrogen) atoms. The predicted molar refractivity (Wildman–Crippen MR) is 171 cm³/mol. The van der Waals surface area contributed by atoms with Gasteiger partial charge in [0.1, 0.15) is 0 Å². The van der Waals surface area contributed by atoms with Crippen molar-refractivity contribution in [2.24, 2.45) is 0 Å². The quantitative estimate of drug-likeness (QED) is 0.148. The molecular weight excluding hydrogens is 610 g/mol. The minimum absolute atomic E-state index is 0. The van der Waals surface area contributed by atoms with Crippen LogP contribution in [0.2, 0.25) is 0 Å². The molecule has 4 rings (SSSR count). The molecule has 0 N–H and O–H groups in total. The van der Waals surface area contributed by atoms with Gasteiger partial charge in [0, 0.05) is 65.4 Å². The Bertz CT molecular complexity index is 973. The number of hydrogen-bond acceptors (Lipinski definition) is 0. The molecule has 4 aromatic rings. The van der Waals surface area contributed by atoms with Crippen molar-refractivity contribution in [1.29, 1.82) is 0 Å². The number of benzene rings is 4. The minimum atomic E-state index is 0. The maximum atomic E-state index is 2.18. The van der Waals surface area contributed by atoms with Gasteiger partial charge in [0.25, 0.3) is 0 Å². The van der Waals surface area contributed by atoms with Gasteiger partial charge in [-0.3, -0.25) is 0 Å². The molecule has 0 bridgehead atoms. The molecular formula is C36H46Y2-4. The van der Waals surface area contributed by atoms with Gasteiger partial charge in [-0.15, -0.1) is 0 Å².